The fourth-order valence-corrected chi connectivity index (χ4v) is 5.00. The first-order valence-corrected chi connectivity index (χ1v) is 13.1. The highest BCUT2D eigenvalue weighted by Gasteiger charge is 2.20. The van der Waals surface area contributed by atoms with E-state index in [1.165, 1.54) is 5.69 Å². The Balaban J connectivity index is 1.48. The van der Waals surface area contributed by atoms with E-state index < -0.39 is 0 Å². The molecular formula is C29H35N7O2. The number of aromatic amines is 1. The quantitative estimate of drug-likeness (QED) is 0.408. The third kappa shape index (κ3) is 5.06. The number of hydrogen-bond acceptors (Lipinski definition) is 6. The van der Waals surface area contributed by atoms with Crippen LogP contribution in [0, 0.1) is 13.8 Å². The number of carbonyl (C=O) groups excluding carboxylic acids is 1. The first-order chi connectivity index (χ1) is 18.2. The van der Waals surface area contributed by atoms with Crippen LogP contribution in [0.1, 0.15) is 47.1 Å². The summed E-state index contributed by atoms with van der Waals surface area (Å²) >= 11 is 0. The minimum absolute atomic E-state index is 0.0829. The number of benzene rings is 1. The van der Waals surface area contributed by atoms with Crippen molar-refractivity contribution in [3.8, 4) is 11.3 Å². The predicted octanol–water partition coefficient (Wildman–Crippen LogP) is 3.67. The molecule has 1 amide bonds. The first kappa shape index (κ1) is 25.7. The van der Waals surface area contributed by atoms with E-state index in [0.29, 0.717) is 27.9 Å². The predicted molar refractivity (Wildman–Crippen MR) is 151 cm³/mol. The number of piperazine rings is 1. The van der Waals surface area contributed by atoms with Crippen molar-refractivity contribution >= 4 is 22.6 Å². The van der Waals surface area contributed by atoms with Gasteiger partial charge in [-0.25, -0.2) is 9.67 Å². The molecule has 4 aromatic rings. The van der Waals surface area contributed by atoms with Gasteiger partial charge in [-0.15, -0.1) is 0 Å². The van der Waals surface area contributed by atoms with Gasteiger partial charge in [-0.2, -0.15) is 5.10 Å². The molecule has 0 atom stereocenters. The van der Waals surface area contributed by atoms with Gasteiger partial charge in [0, 0.05) is 61.3 Å². The number of anilines is 1. The molecule has 2 N–H and O–H groups in total. The molecule has 0 radical (unpaired) electrons. The van der Waals surface area contributed by atoms with Crippen LogP contribution in [0.5, 0.6) is 0 Å². The van der Waals surface area contributed by atoms with Gasteiger partial charge in [0.2, 0.25) is 0 Å². The lowest BCUT2D eigenvalue weighted by Gasteiger charge is -2.34. The Morgan fingerprint density at radius 3 is 2.45 bits per heavy atom. The van der Waals surface area contributed by atoms with Crippen molar-refractivity contribution in [1.82, 2.24) is 30.0 Å². The van der Waals surface area contributed by atoms with Crippen molar-refractivity contribution in [2.24, 2.45) is 0 Å². The number of nitrogens with one attached hydrogen (secondary N) is 2. The molecule has 0 aliphatic carbocycles. The van der Waals surface area contributed by atoms with E-state index >= 15 is 0 Å². The smallest absolute Gasteiger partial charge is 0.253 e. The zero-order valence-corrected chi connectivity index (χ0v) is 22.7. The monoisotopic (exact) mass is 513 g/mol. The van der Waals surface area contributed by atoms with Crippen LogP contribution < -0.4 is 15.8 Å². The summed E-state index contributed by atoms with van der Waals surface area (Å²) < 4.78 is 1.84. The standard InChI is InChI=1S/C29H35N7O2/c1-18(2)36-27-25(17-31-36)23(28(37)30-16-24-19(3)14-20(4)32-29(24)38)15-26(33-27)21-6-8-22(9-7-21)35-12-10-34(5)11-13-35/h6-9,14-15,17-18H,10-13,16H2,1-5H3,(H,30,37)(H,32,38). The van der Waals surface area contributed by atoms with Gasteiger partial charge in [0.15, 0.2) is 5.65 Å². The first-order valence-electron chi connectivity index (χ1n) is 13.1. The second kappa shape index (κ2) is 10.4. The van der Waals surface area contributed by atoms with Gasteiger partial charge in [-0.1, -0.05) is 12.1 Å². The summed E-state index contributed by atoms with van der Waals surface area (Å²) in [6.45, 7) is 12.0. The number of rotatable bonds is 6. The van der Waals surface area contributed by atoms with Gasteiger partial charge in [0.05, 0.1) is 22.8 Å². The van der Waals surface area contributed by atoms with Crippen LogP contribution in [-0.4, -0.2) is 63.8 Å². The van der Waals surface area contributed by atoms with Crippen molar-refractivity contribution in [3.63, 3.8) is 0 Å². The highest BCUT2D eigenvalue weighted by molar-refractivity contribution is 6.06. The second-order valence-electron chi connectivity index (χ2n) is 10.4. The Morgan fingerprint density at radius 2 is 1.79 bits per heavy atom. The molecule has 9 heteroatoms. The number of aromatic nitrogens is 4. The average Bonchev–Trinajstić information content (AvgIpc) is 3.32. The van der Waals surface area contributed by atoms with Crippen LogP contribution >= 0.6 is 0 Å². The largest absolute Gasteiger partial charge is 0.369 e. The fraction of sp³-hybridized carbons (Fsp3) is 0.379. The van der Waals surface area contributed by atoms with E-state index in [-0.39, 0.29) is 24.1 Å². The summed E-state index contributed by atoms with van der Waals surface area (Å²) in [7, 11) is 2.15. The van der Waals surface area contributed by atoms with Gasteiger partial charge in [0.25, 0.3) is 11.5 Å². The van der Waals surface area contributed by atoms with E-state index in [4.69, 9.17) is 4.98 Å². The highest BCUT2D eigenvalue weighted by atomic mass is 16.1. The Bertz CT molecular complexity index is 1530. The average molecular weight is 514 g/mol. The van der Waals surface area contributed by atoms with E-state index in [1.807, 2.05) is 44.5 Å². The molecule has 0 saturated carbocycles. The molecule has 9 nitrogen and oxygen atoms in total. The molecule has 0 unspecified atom stereocenters. The Kier molecular flexibility index (Phi) is 7.03. The number of hydrogen-bond donors (Lipinski definition) is 2. The molecule has 0 spiro atoms. The number of fused-ring (bicyclic) bond motifs is 1. The maximum absolute atomic E-state index is 13.5. The molecule has 38 heavy (non-hydrogen) atoms. The number of nitrogens with zero attached hydrogens (tertiary/aromatic N) is 5. The molecule has 3 aromatic heterocycles. The number of H-pyrrole nitrogens is 1. The third-order valence-electron chi connectivity index (χ3n) is 7.25. The zero-order chi connectivity index (χ0) is 27.0. The molecule has 1 saturated heterocycles. The summed E-state index contributed by atoms with van der Waals surface area (Å²) in [5.74, 6) is -0.268. The maximum Gasteiger partial charge on any atom is 0.253 e. The van der Waals surface area contributed by atoms with Crippen LogP contribution in [0.3, 0.4) is 0 Å². The summed E-state index contributed by atoms with van der Waals surface area (Å²) in [5, 5.41) is 8.15. The van der Waals surface area contributed by atoms with Crippen LogP contribution in [0.15, 0.2) is 47.4 Å². The van der Waals surface area contributed by atoms with Crippen LogP contribution in [0.2, 0.25) is 0 Å². The highest BCUT2D eigenvalue weighted by Crippen LogP contribution is 2.28. The van der Waals surface area contributed by atoms with Crippen molar-refractivity contribution in [1.29, 1.82) is 0 Å². The van der Waals surface area contributed by atoms with Gasteiger partial charge >= 0.3 is 0 Å². The SMILES string of the molecule is Cc1cc(C)c(CNC(=O)c2cc(-c3ccc(N4CCN(C)CC4)cc3)nc3c2cnn3C(C)C)c(=O)[nH]1. The van der Waals surface area contributed by atoms with E-state index in [1.54, 1.807) is 6.20 Å². The summed E-state index contributed by atoms with van der Waals surface area (Å²) in [6, 6.07) is 12.2. The lowest BCUT2D eigenvalue weighted by atomic mass is 10.1. The van der Waals surface area contributed by atoms with E-state index in [2.05, 4.69) is 56.5 Å². The minimum atomic E-state index is -0.268. The molecule has 4 heterocycles. The third-order valence-corrected chi connectivity index (χ3v) is 7.25. The van der Waals surface area contributed by atoms with Crippen molar-refractivity contribution in [3.05, 3.63) is 75.3 Å². The lowest BCUT2D eigenvalue weighted by molar-refractivity contribution is 0.0952. The minimum Gasteiger partial charge on any atom is -0.369 e. The Morgan fingerprint density at radius 1 is 1.08 bits per heavy atom. The number of pyridine rings is 2. The zero-order valence-electron chi connectivity index (χ0n) is 22.7. The van der Waals surface area contributed by atoms with Gasteiger partial charge in [-0.3, -0.25) is 9.59 Å². The van der Waals surface area contributed by atoms with Gasteiger partial charge in [-0.05, 0) is 64.6 Å². The van der Waals surface area contributed by atoms with Crippen molar-refractivity contribution in [2.45, 2.75) is 40.3 Å². The van der Waals surface area contributed by atoms with Gasteiger partial charge < -0.3 is 20.1 Å². The van der Waals surface area contributed by atoms with Crippen LogP contribution in [0.25, 0.3) is 22.3 Å². The molecule has 1 fully saturated rings. The van der Waals surface area contributed by atoms with Crippen LogP contribution in [0.4, 0.5) is 5.69 Å². The van der Waals surface area contributed by atoms with Crippen LogP contribution in [-0.2, 0) is 6.54 Å². The molecule has 5 rings (SSSR count). The summed E-state index contributed by atoms with van der Waals surface area (Å²) in [6.07, 6.45) is 1.70. The molecule has 1 aliphatic heterocycles. The molecule has 1 aliphatic rings. The normalized spacial score (nSPS) is 14.4. The number of carbonyl (C=O) groups is 1. The lowest BCUT2D eigenvalue weighted by Crippen LogP contribution is -2.44. The fourth-order valence-electron chi connectivity index (χ4n) is 5.00. The van der Waals surface area contributed by atoms with Crippen molar-refractivity contribution in [2.75, 3.05) is 38.1 Å². The van der Waals surface area contributed by atoms with Crippen molar-refractivity contribution < 1.29 is 4.79 Å². The van der Waals surface area contributed by atoms with E-state index in [0.717, 1.165) is 43.0 Å². The topological polar surface area (TPSA) is 99.2 Å². The molecule has 198 valence electrons. The molecule has 0 bridgehead atoms. The Labute approximate surface area is 222 Å². The van der Waals surface area contributed by atoms with E-state index in [9.17, 15) is 9.59 Å². The number of aryl methyl sites for hydroxylation is 2. The van der Waals surface area contributed by atoms with Gasteiger partial charge in [0.1, 0.15) is 0 Å². The Hall–Kier alpha value is -3.98. The number of amides is 1. The summed E-state index contributed by atoms with van der Waals surface area (Å²) in [4.78, 5) is 38.4. The molecule has 1 aromatic carbocycles. The second-order valence-corrected chi connectivity index (χ2v) is 10.4. The summed E-state index contributed by atoms with van der Waals surface area (Å²) in [5.41, 5.74) is 5.98. The molecular weight excluding hydrogens is 478 g/mol. The number of likely N-dealkylation sites (N-methyl/N-ethyl adjacent to an activating group) is 1. The maximum atomic E-state index is 13.5.